The van der Waals surface area contributed by atoms with Crippen molar-refractivity contribution in [3.8, 4) is 0 Å². The molecule has 0 bridgehead atoms. The Bertz CT molecular complexity index is 263. The van der Waals surface area contributed by atoms with Crippen molar-refractivity contribution in [3.05, 3.63) is 11.6 Å². The Morgan fingerprint density at radius 1 is 1.47 bits per heavy atom. The van der Waals surface area contributed by atoms with Crippen LogP contribution in [0.4, 0.5) is 0 Å². The summed E-state index contributed by atoms with van der Waals surface area (Å²) < 4.78 is 0. The van der Waals surface area contributed by atoms with Crippen molar-refractivity contribution in [2.75, 3.05) is 44.2 Å². The zero-order valence-corrected chi connectivity index (χ0v) is 11.3. The second kappa shape index (κ2) is 8.55. The highest BCUT2D eigenvalue weighted by molar-refractivity contribution is 7.99. The molecule has 0 radical (unpaired) electrons. The number of carboxylic acids is 1. The summed E-state index contributed by atoms with van der Waals surface area (Å²) in [5.41, 5.74) is 0.492. The lowest BCUT2D eigenvalue weighted by molar-refractivity contribution is -0.132. The van der Waals surface area contributed by atoms with Crippen LogP contribution in [-0.4, -0.2) is 60.2 Å². The average Bonchev–Trinajstić information content (AvgIpc) is 2.34. The van der Waals surface area contributed by atoms with E-state index in [-0.39, 0.29) is 0 Å². The lowest BCUT2D eigenvalue weighted by atomic mass is 10.2. The van der Waals surface area contributed by atoms with Gasteiger partial charge in [-0.2, -0.15) is 11.8 Å². The third-order valence-corrected chi connectivity index (χ3v) is 3.80. The number of thioether (sulfide) groups is 1. The summed E-state index contributed by atoms with van der Waals surface area (Å²) in [5.74, 6) is 1.67. The van der Waals surface area contributed by atoms with Gasteiger partial charge in [-0.25, -0.2) is 4.79 Å². The van der Waals surface area contributed by atoms with Crippen molar-refractivity contribution < 1.29 is 9.90 Å². The SMILES string of the molecule is CCC(=CCNCCN1CCSCC1)C(=O)O. The number of aliphatic carboxylic acids is 1. The zero-order chi connectivity index (χ0) is 12.5. The quantitative estimate of drug-likeness (QED) is 0.528. The summed E-state index contributed by atoms with van der Waals surface area (Å²) in [6.45, 7) is 6.86. The molecule has 4 nitrogen and oxygen atoms in total. The van der Waals surface area contributed by atoms with Crippen LogP contribution in [0.3, 0.4) is 0 Å². The fraction of sp³-hybridized carbons (Fsp3) is 0.750. The Labute approximate surface area is 107 Å². The number of carboxylic acid groups (broad SMARTS) is 1. The first-order valence-electron chi connectivity index (χ1n) is 6.17. The lowest BCUT2D eigenvalue weighted by Crippen LogP contribution is -2.37. The van der Waals surface area contributed by atoms with Gasteiger partial charge in [0.1, 0.15) is 0 Å². The van der Waals surface area contributed by atoms with Gasteiger partial charge in [0.2, 0.25) is 0 Å². The number of hydrogen-bond acceptors (Lipinski definition) is 4. The average molecular weight is 258 g/mol. The van der Waals surface area contributed by atoms with E-state index in [2.05, 4.69) is 10.2 Å². The van der Waals surface area contributed by atoms with Crippen LogP contribution in [0, 0.1) is 0 Å². The molecular formula is C12H22N2O2S. The van der Waals surface area contributed by atoms with Crippen molar-refractivity contribution in [3.63, 3.8) is 0 Å². The predicted molar refractivity (Wildman–Crippen MR) is 72.6 cm³/mol. The molecule has 1 fully saturated rings. The van der Waals surface area contributed by atoms with Gasteiger partial charge in [-0.1, -0.05) is 13.0 Å². The van der Waals surface area contributed by atoms with E-state index >= 15 is 0 Å². The second-order valence-electron chi connectivity index (χ2n) is 4.05. The van der Waals surface area contributed by atoms with Crippen LogP contribution in [0.15, 0.2) is 11.6 Å². The summed E-state index contributed by atoms with van der Waals surface area (Å²) in [6, 6.07) is 0. The molecule has 0 unspecified atom stereocenters. The highest BCUT2D eigenvalue weighted by Gasteiger charge is 2.08. The Balaban J connectivity index is 2.08. The van der Waals surface area contributed by atoms with E-state index in [1.165, 1.54) is 24.6 Å². The lowest BCUT2D eigenvalue weighted by Gasteiger charge is -2.25. The van der Waals surface area contributed by atoms with Gasteiger partial charge in [0.05, 0.1) is 0 Å². The fourth-order valence-corrected chi connectivity index (χ4v) is 2.72. The Hall–Kier alpha value is -0.520. The molecule has 98 valence electrons. The van der Waals surface area contributed by atoms with Crippen molar-refractivity contribution in [2.24, 2.45) is 0 Å². The standard InChI is InChI=1S/C12H22N2O2S/c1-2-11(12(15)16)3-4-13-5-6-14-7-9-17-10-8-14/h3,13H,2,4-10H2,1H3,(H,15,16). The molecule has 0 atom stereocenters. The van der Waals surface area contributed by atoms with E-state index in [1.807, 2.05) is 18.7 Å². The molecule has 0 saturated carbocycles. The molecule has 0 aliphatic carbocycles. The molecule has 1 aliphatic heterocycles. The van der Waals surface area contributed by atoms with Gasteiger partial charge >= 0.3 is 5.97 Å². The van der Waals surface area contributed by atoms with E-state index in [4.69, 9.17) is 5.11 Å². The maximum absolute atomic E-state index is 10.7. The third kappa shape index (κ3) is 6.10. The predicted octanol–water partition coefficient (Wildman–Crippen LogP) is 1.05. The van der Waals surface area contributed by atoms with E-state index in [9.17, 15) is 4.79 Å². The van der Waals surface area contributed by atoms with Crippen LogP contribution in [0.1, 0.15) is 13.3 Å². The monoisotopic (exact) mass is 258 g/mol. The van der Waals surface area contributed by atoms with Gasteiger partial charge in [0.25, 0.3) is 0 Å². The van der Waals surface area contributed by atoms with Crippen LogP contribution in [0.5, 0.6) is 0 Å². The molecular weight excluding hydrogens is 236 g/mol. The molecule has 0 aromatic heterocycles. The largest absolute Gasteiger partial charge is 0.478 e. The molecule has 1 saturated heterocycles. The van der Waals surface area contributed by atoms with E-state index in [1.54, 1.807) is 6.08 Å². The Morgan fingerprint density at radius 2 is 2.18 bits per heavy atom. The van der Waals surface area contributed by atoms with Gasteiger partial charge in [-0.15, -0.1) is 0 Å². The molecule has 0 spiro atoms. The molecule has 1 aliphatic rings. The van der Waals surface area contributed by atoms with Crippen LogP contribution < -0.4 is 5.32 Å². The molecule has 0 aromatic rings. The normalized spacial score (nSPS) is 18.3. The first-order chi connectivity index (χ1) is 8.24. The topological polar surface area (TPSA) is 52.6 Å². The minimum Gasteiger partial charge on any atom is -0.478 e. The van der Waals surface area contributed by atoms with Crippen LogP contribution in [0.25, 0.3) is 0 Å². The van der Waals surface area contributed by atoms with Crippen molar-refractivity contribution in [2.45, 2.75) is 13.3 Å². The van der Waals surface area contributed by atoms with Crippen molar-refractivity contribution in [1.29, 1.82) is 0 Å². The summed E-state index contributed by atoms with van der Waals surface area (Å²) >= 11 is 2.02. The Morgan fingerprint density at radius 3 is 2.76 bits per heavy atom. The van der Waals surface area contributed by atoms with Crippen LogP contribution in [0.2, 0.25) is 0 Å². The van der Waals surface area contributed by atoms with Crippen LogP contribution >= 0.6 is 11.8 Å². The summed E-state index contributed by atoms with van der Waals surface area (Å²) in [4.78, 5) is 13.2. The smallest absolute Gasteiger partial charge is 0.331 e. The number of nitrogens with zero attached hydrogens (tertiary/aromatic N) is 1. The number of nitrogens with one attached hydrogen (secondary N) is 1. The minimum atomic E-state index is -0.803. The van der Waals surface area contributed by atoms with E-state index in [0.717, 1.165) is 13.1 Å². The van der Waals surface area contributed by atoms with Gasteiger partial charge in [-0.3, -0.25) is 0 Å². The first-order valence-corrected chi connectivity index (χ1v) is 7.32. The highest BCUT2D eigenvalue weighted by atomic mass is 32.2. The highest BCUT2D eigenvalue weighted by Crippen LogP contribution is 2.07. The summed E-state index contributed by atoms with van der Waals surface area (Å²) in [6.07, 6.45) is 2.36. The Kier molecular flexibility index (Phi) is 7.32. The zero-order valence-electron chi connectivity index (χ0n) is 10.4. The van der Waals surface area contributed by atoms with Gasteiger partial charge in [0, 0.05) is 49.8 Å². The third-order valence-electron chi connectivity index (χ3n) is 2.86. The first kappa shape index (κ1) is 14.5. The van der Waals surface area contributed by atoms with Gasteiger partial charge < -0.3 is 15.3 Å². The van der Waals surface area contributed by atoms with E-state index < -0.39 is 5.97 Å². The molecule has 0 aromatic carbocycles. The van der Waals surface area contributed by atoms with Crippen molar-refractivity contribution >= 4 is 17.7 Å². The maximum Gasteiger partial charge on any atom is 0.331 e. The molecule has 5 heteroatoms. The molecule has 2 N–H and O–H groups in total. The minimum absolute atomic E-state index is 0.492. The van der Waals surface area contributed by atoms with Gasteiger partial charge in [0.15, 0.2) is 0 Å². The number of carbonyl (C=O) groups is 1. The van der Waals surface area contributed by atoms with E-state index in [0.29, 0.717) is 18.5 Å². The molecule has 1 heterocycles. The maximum atomic E-state index is 10.7. The number of rotatable bonds is 7. The summed E-state index contributed by atoms with van der Waals surface area (Å²) in [5, 5.41) is 12.1. The fourth-order valence-electron chi connectivity index (χ4n) is 1.74. The molecule has 0 amide bonds. The van der Waals surface area contributed by atoms with Gasteiger partial charge in [-0.05, 0) is 6.42 Å². The number of hydrogen-bond donors (Lipinski definition) is 2. The summed E-state index contributed by atoms with van der Waals surface area (Å²) in [7, 11) is 0. The van der Waals surface area contributed by atoms with Crippen molar-refractivity contribution in [1.82, 2.24) is 10.2 Å². The molecule has 17 heavy (non-hydrogen) atoms. The van der Waals surface area contributed by atoms with Crippen LogP contribution in [-0.2, 0) is 4.79 Å². The molecule has 1 rings (SSSR count). The second-order valence-corrected chi connectivity index (χ2v) is 5.27.